The quantitative estimate of drug-likeness (QED) is 0.236. The maximum Gasteiger partial charge on any atom is 0.408 e. The third-order valence-electron chi connectivity index (χ3n) is 6.08. The maximum atomic E-state index is 14.2. The van der Waals surface area contributed by atoms with E-state index >= 15 is 0 Å². The topological polar surface area (TPSA) is 87.7 Å². The second-order valence-corrected chi connectivity index (χ2v) is 12.0. The van der Waals surface area contributed by atoms with Crippen LogP contribution in [-0.2, 0) is 14.3 Å². The van der Waals surface area contributed by atoms with E-state index in [2.05, 4.69) is 30.5 Å². The van der Waals surface area contributed by atoms with Crippen LogP contribution in [0.25, 0.3) is 0 Å². The number of benzene rings is 1. The van der Waals surface area contributed by atoms with Crippen LogP contribution in [-0.4, -0.2) is 59.5 Å². The molecule has 0 heterocycles. The Balaban J connectivity index is 3.48. The van der Waals surface area contributed by atoms with Crippen molar-refractivity contribution in [2.24, 2.45) is 0 Å². The smallest absolute Gasteiger partial charge is 0.408 e. The molecule has 2 atom stereocenters. The molecule has 1 rings (SSSR count). The number of alkyl carbamates (subject to hydrolysis) is 1. The van der Waals surface area contributed by atoms with E-state index in [0.717, 1.165) is 55.2 Å². The zero-order valence-electron chi connectivity index (χ0n) is 24.9. The van der Waals surface area contributed by atoms with Crippen LogP contribution in [0.15, 0.2) is 18.2 Å². The lowest BCUT2D eigenvalue weighted by Crippen LogP contribution is -2.53. The van der Waals surface area contributed by atoms with Gasteiger partial charge in [-0.1, -0.05) is 68.9 Å². The summed E-state index contributed by atoms with van der Waals surface area (Å²) in [6, 6.07) is 4.47. The molecule has 0 aromatic heterocycles. The molecule has 1 aromatic rings. The predicted molar refractivity (Wildman–Crippen MR) is 159 cm³/mol. The molecule has 38 heavy (non-hydrogen) atoms. The van der Waals surface area contributed by atoms with Crippen molar-refractivity contribution in [2.75, 3.05) is 25.1 Å². The summed E-state index contributed by atoms with van der Waals surface area (Å²) in [7, 11) is 0. The minimum absolute atomic E-state index is 0.187. The van der Waals surface area contributed by atoms with E-state index in [-0.39, 0.29) is 11.8 Å². The molecule has 0 aliphatic rings. The van der Waals surface area contributed by atoms with Crippen molar-refractivity contribution in [3.05, 3.63) is 34.9 Å². The molecule has 0 bridgehead atoms. The summed E-state index contributed by atoms with van der Waals surface area (Å²) >= 11 is 1.61. The zero-order valence-corrected chi connectivity index (χ0v) is 25.8. The Morgan fingerprint density at radius 1 is 0.974 bits per heavy atom. The number of carbonyl (C=O) groups is 3. The Labute approximate surface area is 235 Å². The van der Waals surface area contributed by atoms with Gasteiger partial charge in [0.1, 0.15) is 17.7 Å². The predicted octanol–water partition coefficient (Wildman–Crippen LogP) is 6.32. The van der Waals surface area contributed by atoms with Crippen molar-refractivity contribution in [3.63, 3.8) is 0 Å². The number of hydrogen-bond acceptors (Lipinski definition) is 5. The van der Waals surface area contributed by atoms with Gasteiger partial charge in [0.25, 0.3) is 0 Å². The maximum absolute atomic E-state index is 14.2. The third-order valence-corrected chi connectivity index (χ3v) is 6.73. The second-order valence-electron chi connectivity index (χ2n) is 11.0. The van der Waals surface area contributed by atoms with Gasteiger partial charge in [0.05, 0.1) is 0 Å². The number of amides is 3. The van der Waals surface area contributed by atoms with Crippen molar-refractivity contribution in [2.45, 2.75) is 111 Å². The van der Waals surface area contributed by atoms with E-state index in [1.165, 1.54) is 0 Å². The number of unbranched alkanes of at least 4 members (excludes halogenated alkanes) is 4. The van der Waals surface area contributed by atoms with Crippen molar-refractivity contribution in [3.8, 4) is 0 Å². The highest BCUT2D eigenvalue weighted by Crippen LogP contribution is 2.26. The Morgan fingerprint density at radius 2 is 1.61 bits per heavy atom. The molecule has 7 nitrogen and oxygen atoms in total. The van der Waals surface area contributed by atoms with E-state index < -0.39 is 23.8 Å². The van der Waals surface area contributed by atoms with Gasteiger partial charge in [-0.2, -0.15) is 11.8 Å². The van der Waals surface area contributed by atoms with E-state index in [4.69, 9.17) is 4.74 Å². The van der Waals surface area contributed by atoms with E-state index in [0.29, 0.717) is 25.3 Å². The summed E-state index contributed by atoms with van der Waals surface area (Å²) in [4.78, 5) is 42.3. The summed E-state index contributed by atoms with van der Waals surface area (Å²) in [5.74, 6) is 0.247. The molecular weight excluding hydrogens is 498 g/mol. The third kappa shape index (κ3) is 12.5. The van der Waals surface area contributed by atoms with Gasteiger partial charge >= 0.3 is 6.09 Å². The first-order valence-corrected chi connectivity index (χ1v) is 15.5. The van der Waals surface area contributed by atoms with Crippen molar-refractivity contribution in [1.29, 1.82) is 0 Å². The lowest BCUT2D eigenvalue weighted by molar-refractivity contribution is -0.142. The van der Waals surface area contributed by atoms with Crippen LogP contribution in [0.4, 0.5) is 4.79 Å². The lowest BCUT2D eigenvalue weighted by atomic mass is 9.97. The molecule has 2 N–H and O–H groups in total. The monoisotopic (exact) mass is 549 g/mol. The van der Waals surface area contributed by atoms with E-state index in [1.54, 1.807) is 37.4 Å². The van der Waals surface area contributed by atoms with E-state index in [9.17, 15) is 14.4 Å². The average Bonchev–Trinajstić information content (AvgIpc) is 2.81. The highest BCUT2D eigenvalue weighted by molar-refractivity contribution is 7.98. The van der Waals surface area contributed by atoms with Crippen LogP contribution >= 0.6 is 11.8 Å². The van der Waals surface area contributed by atoms with Crippen molar-refractivity contribution < 1.29 is 19.1 Å². The highest BCUT2D eigenvalue weighted by atomic mass is 32.2. The number of nitrogens with zero attached hydrogens (tertiary/aromatic N) is 1. The molecule has 0 saturated carbocycles. The first-order chi connectivity index (χ1) is 17.9. The van der Waals surface area contributed by atoms with Gasteiger partial charge in [-0.15, -0.1) is 0 Å². The normalized spacial score (nSPS) is 12.9. The van der Waals surface area contributed by atoms with Crippen LogP contribution in [0.2, 0.25) is 0 Å². The number of aryl methyl sites for hydroxylation is 2. The summed E-state index contributed by atoms with van der Waals surface area (Å²) in [5, 5.41) is 5.88. The van der Waals surface area contributed by atoms with Gasteiger partial charge in [-0.25, -0.2) is 4.79 Å². The van der Waals surface area contributed by atoms with Gasteiger partial charge in [-0.05, 0) is 71.5 Å². The summed E-state index contributed by atoms with van der Waals surface area (Å²) in [6.45, 7) is 14.6. The first kappa shape index (κ1) is 33.8. The number of hydrogen-bond donors (Lipinski definition) is 2. The number of ether oxygens (including phenoxy) is 1. The lowest BCUT2D eigenvalue weighted by Gasteiger charge is -2.35. The standard InChI is InChI=1S/C30H51N3O4S/c1-9-11-13-14-17-33(28(35)25(15-18-38-8)32-29(36)37-30(5,6)7)26(27(34)31-16-12-10-2)24-20-22(3)19-23(4)21-24/h19-21,25-26H,9-18H2,1-8H3,(H,31,34)(H,32,36). The molecule has 0 saturated heterocycles. The number of carbonyl (C=O) groups excluding carboxylic acids is 3. The number of rotatable bonds is 16. The molecule has 2 unspecified atom stereocenters. The SMILES string of the molecule is CCCCCCN(C(=O)C(CCSC)NC(=O)OC(C)(C)C)C(C(=O)NCCCC)c1cc(C)cc(C)c1. The zero-order chi connectivity index (χ0) is 28.7. The Morgan fingerprint density at radius 3 is 2.16 bits per heavy atom. The largest absolute Gasteiger partial charge is 0.444 e. The molecule has 0 spiro atoms. The van der Waals surface area contributed by atoms with Gasteiger partial charge in [0.15, 0.2) is 0 Å². The fourth-order valence-corrected chi connectivity index (χ4v) is 4.82. The van der Waals surface area contributed by atoms with Crippen molar-refractivity contribution >= 4 is 29.7 Å². The molecular formula is C30H51N3O4S. The fourth-order valence-electron chi connectivity index (χ4n) is 4.34. The Kier molecular flexibility index (Phi) is 15.5. The highest BCUT2D eigenvalue weighted by Gasteiger charge is 2.36. The first-order valence-electron chi connectivity index (χ1n) is 14.1. The molecule has 0 aliphatic carbocycles. The van der Waals surface area contributed by atoms with Crippen LogP contribution in [0.3, 0.4) is 0 Å². The minimum Gasteiger partial charge on any atom is -0.444 e. The van der Waals surface area contributed by atoms with Crippen LogP contribution in [0, 0.1) is 13.8 Å². The number of thioether (sulfide) groups is 1. The summed E-state index contributed by atoms with van der Waals surface area (Å²) in [5.41, 5.74) is 2.19. The molecule has 1 aromatic carbocycles. The van der Waals surface area contributed by atoms with Crippen LogP contribution in [0.1, 0.15) is 102 Å². The molecule has 0 radical (unpaired) electrons. The van der Waals surface area contributed by atoms with Gasteiger partial charge in [0.2, 0.25) is 11.8 Å². The molecule has 0 aliphatic heterocycles. The average molecular weight is 550 g/mol. The minimum atomic E-state index is -0.791. The van der Waals surface area contributed by atoms with Gasteiger partial charge in [0, 0.05) is 13.1 Å². The molecule has 3 amide bonds. The van der Waals surface area contributed by atoms with Crippen LogP contribution < -0.4 is 10.6 Å². The summed E-state index contributed by atoms with van der Waals surface area (Å²) in [6.07, 6.45) is 7.50. The van der Waals surface area contributed by atoms with Gasteiger partial charge < -0.3 is 20.3 Å². The Hall–Kier alpha value is -2.22. The summed E-state index contributed by atoms with van der Waals surface area (Å²) < 4.78 is 5.47. The van der Waals surface area contributed by atoms with Crippen molar-refractivity contribution in [1.82, 2.24) is 15.5 Å². The number of nitrogens with one attached hydrogen (secondary N) is 2. The molecule has 0 fully saturated rings. The van der Waals surface area contributed by atoms with E-state index in [1.807, 2.05) is 32.2 Å². The Bertz CT molecular complexity index is 864. The molecule has 216 valence electrons. The van der Waals surface area contributed by atoms with Crippen LogP contribution in [0.5, 0.6) is 0 Å². The second kappa shape index (κ2) is 17.4. The van der Waals surface area contributed by atoms with Gasteiger partial charge in [-0.3, -0.25) is 9.59 Å². The fraction of sp³-hybridized carbons (Fsp3) is 0.700. The molecule has 8 heteroatoms.